The molecule has 0 fully saturated rings. The Morgan fingerprint density at radius 2 is 2.05 bits per heavy atom. The van der Waals surface area contributed by atoms with Crippen LogP contribution in [0.3, 0.4) is 0 Å². The van der Waals surface area contributed by atoms with E-state index in [0.29, 0.717) is 16.7 Å². The van der Waals surface area contributed by atoms with Crippen LogP contribution < -0.4 is 0 Å². The highest BCUT2D eigenvalue weighted by Gasteiger charge is 2.20. The summed E-state index contributed by atoms with van der Waals surface area (Å²) in [5, 5.41) is 10.1. The Bertz CT molecular complexity index is 769. The number of thioether (sulfide) groups is 1. The Balaban J connectivity index is 1.70. The number of Topliss-reactive ketones (excluding diaryl/α,β-unsaturated/α-hetero) is 1. The van der Waals surface area contributed by atoms with Gasteiger partial charge in [-0.1, -0.05) is 45.9 Å². The normalized spacial score (nSPS) is 12.3. The largest absolute Gasteiger partial charge is 0.410 e. The lowest BCUT2D eigenvalue weighted by Crippen LogP contribution is -2.13. The number of hydrogen-bond acceptors (Lipinski definition) is 6. The van der Waals surface area contributed by atoms with Gasteiger partial charge in [-0.15, -0.1) is 21.5 Å². The number of hydrogen-bond donors (Lipinski definition) is 0. The molecule has 0 aliphatic heterocycles. The number of benzene rings is 1. The second kappa shape index (κ2) is 6.76. The molecule has 0 aliphatic carbocycles. The van der Waals surface area contributed by atoms with Crippen LogP contribution in [0.1, 0.15) is 17.3 Å². The molecule has 0 spiro atoms. The fourth-order valence-corrected chi connectivity index (χ4v) is 3.48. The lowest BCUT2D eigenvalue weighted by Gasteiger charge is -2.07. The van der Waals surface area contributed by atoms with Gasteiger partial charge in [-0.05, 0) is 30.5 Å². The first kappa shape index (κ1) is 15.5. The molecule has 3 rings (SSSR count). The molecule has 112 valence electrons. The SMILES string of the molecule is C[C@H](Sc1nnc(-c2cccs2)o1)C(=O)c1ccc(Br)cc1. The molecule has 0 N–H and O–H groups in total. The van der Waals surface area contributed by atoms with E-state index in [-0.39, 0.29) is 11.0 Å². The number of thiophene rings is 1. The molecule has 7 heteroatoms. The van der Waals surface area contributed by atoms with Gasteiger partial charge in [0.25, 0.3) is 11.1 Å². The molecule has 1 atom stereocenters. The molecular formula is C15H11BrN2O2S2. The average molecular weight is 395 g/mol. The monoisotopic (exact) mass is 394 g/mol. The van der Waals surface area contributed by atoms with Crippen molar-refractivity contribution in [2.45, 2.75) is 17.4 Å². The number of halogens is 1. The fourth-order valence-electron chi connectivity index (χ4n) is 1.81. The fraction of sp³-hybridized carbons (Fsp3) is 0.133. The summed E-state index contributed by atoms with van der Waals surface area (Å²) >= 11 is 6.17. The highest BCUT2D eigenvalue weighted by atomic mass is 79.9. The third kappa shape index (κ3) is 3.48. The van der Waals surface area contributed by atoms with Gasteiger partial charge < -0.3 is 4.42 Å². The van der Waals surface area contributed by atoms with Crippen LogP contribution in [0.25, 0.3) is 10.8 Å². The van der Waals surface area contributed by atoms with Gasteiger partial charge in [-0.25, -0.2) is 0 Å². The zero-order chi connectivity index (χ0) is 15.5. The van der Waals surface area contributed by atoms with Crippen LogP contribution in [0.15, 0.2) is 55.9 Å². The van der Waals surface area contributed by atoms with Crippen LogP contribution >= 0.6 is 39.0 Å². The molecule has 22 heavy (non-hydrogen) atoms. The molecule has 0 saturated heterocycles. The summed E-state index contributed by atoms with van der Waals surface area (Å²) in [4.78, 5) is 13.3. The molecular weight excluding hydrogens is 384 g/mol. The van der Waals surface area contributed by atoms with E-state index in [1.165, 1.54) is 23.1 Å². The predicted octanol–water partition coefficient (Wildman–Crippen LogP) is 4.92. The Kier molecular flexibility index (Phi) is 4.75. The van der Waals surface area contributed by atoms with E-state index >= 15 is 0 Å². The third-order valence-corrected chi connectivity index (χ3v) is 5.23. The Morgan fingerprint density at radius 1 is 1.27 bits per heavy atom. The number of aromatic nitrogens is 2. The first-order valence-corrected chi connectivity index (χ1v) is 9.02. The molecule has 4 nitrogen and oxygen atoms in total. The summed E-state index contributed by atoms with van der Waals surface area (Å²) in [6.07, 6.45) is 0. The van der Waals surface area contributed by atoms with E-state index in [4.69, 9.17) is 4.42 Å². The lowest BCUT2D eigenvalue weighted by atomic mass is 10.1. The van der Waals surface area contributed by atoms with Crippen LogP contribution in [0.5, 0.6) is 0 Å². The van der Waals surface area contributed by atoms with Crippen LogP contribution in [0.2, 0.25) is 0 Å². The summed E-state index contributed by atoms with van der Waals surface area (Å²) in [5.74, 6) is 0.522. The second-order valence-electron chi connectivity index (χ2n) is 4.48. The van der Waals surface area contributed by atoms with Gasteiger partial charge >= 0.3 is 0 Å². The van der Waals surface area contributed by atoms with E-state index in [0.717, 1.165) is 9.35 Å². The summed E-state index contributed by atoms with van der Waals surface area (Å²) in [5.41, 5.74) is 0.668. The maximum atomic E-state index is 12.4. The van der Waals surface area contributed by atoms with Crippen molar-refractivity contribution < 1.29 is 9.21 Å². The van der Waals surface area contributed by atoms with E-state index in [2.05, 4.69) is 26.1 Å². The average Bonchev–Trinajstić information content (AvgIpc) is 3.18. The maximum absolute atomic E-state index is 12.4. The van der Waals surface area contributed by atoms with Crippen molar-refractivity contribution >= 4 is 44.8 Å². The first-order valence-electron chi connectivity index (χ1n) is 6.47. The van der Waals surface area contributed by atoms with Crippen LogP contribution in [0.4, 0.5) is 0 Å². The molecule has 3 aromatic rings. The summed E-state index contributed by atoms with van der Waals surface area (Å²) in [6, 6.07) is 11.2. The number of carbonyl (C=O) groups excluding carboxylic acids is 1. The Hall–Kier alpha value is -1.44. The zero-order valence-corrected chi connectivity index (χ0v) is 14.7. The molecule has 0 bridgehead atoms. The van der Waals surface area contributed by atoms with Crippen molar-refractivity contribution in [1.29, 1.82) is 0 Å². The van der Waals surface area contributed by atoms with Gasteiger partial charge in [0.2, 0.25) is 0 Å². The zero-order valence-electron chi connectivity index (χ0n) is 11.5. The van der Waals surface area contributed by atoms with Crippen molar-refractivity contribution in [1.82, 2.24) is 10.2 Å². The summed E-state index contributed by atoms with van der Waals surface area (Å²) < 4.78 is 6.54. The molecule has 2 heterocycles. The molecule has 0 unspecified atom stereocenters. The van der Waals surface area contributed by atoms with Gasteiger partial charge in [0.05, 0.1) is 10.1 Å². The molecule has 2 aromatic heterocycles. The topological polar surface area (TPSA) is 56.0 Å². The van der Waals surface area contributed by atoms with Crippen LogP contribution in [0, 0.1) is 0 Å². The lowest BCUT2D eigenvalue weighted by molar-refractivity contribution is 0.0993. The van der Waals surface area contributed by atoms with E-state index < -0.39 is 0 Å². The smallest absolute Gasteiger partial charge is 0.277 e. The molecule has 0 amide bonds. The maximum Gasteiger partial charge on any atom is 0.277 e. The minimum absolute atomic E-state index is 0.0355. The van der Waals surface area contributed by atoms with Gasteiger partial charge in [0.1, 0.15) is 0 Å². The summed E-state index contributed by atoms with van der Waals surface area (Å²) in [7, 11) is 0. The quantitative estimate of drug-likeness (QED) is 0.453. The van der Waals surface area contributed by atoms with Crippen molar-refractivity contribution in [3.8, 4) is 10.8 Å². The van der Waals surface area contributed by atoms with E-state index in [1.807, 2.05) is 36.6 Å². The molecule has 0 saturated carbocycles. The van der Waals surface area contributed by atoms with Crippen LogP contribution in [-0.2, 0) is 0 Å². The van der Waals surface area contributed by atoms with Crippen molar-refractivity contribution in [2.24, 2.45) is 0 Å². The number of rotatable bonds is 5. The Morgan fingerprint density at radius 3 is 2.73 bits per heavy atom. The van der Waals surface area contributed by atoms with Gasteiger partial charge in [-0.2, -0.15) is 0 Å². The molecule has 1 aromatic carbocycles. The second-order valence-corrected chi connectivity index (χ2v) is 7.64. The van der Waals surface area contributed by atoms with E-state index in [9.17, 15) is 4.79 Å². The van der Waals surface area contributed by atoms with Gasteiger partial charge in [0.15, 0.2) is 5.78 Å². The number of nitrogens with zero attached hydrogens (tertiary/aromatic N) is 2. The molecule has 0 radical (unpaired) electrons. The van der Waals surface area contributed by atoms with Crippen molar-refractivity contribution in [2.75, 3.05) is 0 Å². The third-order valence-electron chi connectivity index (χ3n) is 2.91. The Labute approximate surface area is 144 Å². The number of carbonyl (C=O) groups is 1. The number of ketones is 1. The predicted molar refractivity (Wildman–Crippen MR) is 91.4 cm³/mol. The van der Waals surface area contributed by atoms with Crippen molar-refractivity contribution in [3.63, 3.8) is 0 Å². The van der Waals surface area contributed by atoms with Crippen LogP contribution in [-0.4, -0.2) is 21.2 Å². The van der Waals surface area contributed by atoms with Crippen molar-refractivity contribution in [3.05, 3.63) is 51.8 Å². The highest BCUT2D eigenvalue weighted by molar-refractivity contribution is 9.10. The minimum Gasteiger partial charge on any atom is -0.410 e. The van der Waals surface area contributed by atoms with Gasteiger partial charge in [0, 0.05) is 10.0 Å². The standard InChI is InChI=1S/C15H11BrN2O2S2/c1-9(13(19)10-4-6-11(16)7-5-10)22-15-18-17-14(20-15)12-3-2-8-21-12/h2-9H,1H3/t9-/m0/s1. The minimum atomic E-state index is -0.294. The summed E-state index contributed by atoms with van der Waals surface area (Å²) in [6.45, 7) is 1.84. The molecule has 0 aliphatic rings. The van der Waals surface area contributed by atoms with E-state index in [1.54, 1.807) is 12.1 Å². The highest BCUT2D eigenvalue weighted by Crippen LogP contribution is 2.29. The first-order chi connectivity index (χ1) is 10.6. The van der Waals surface area contributed by atoms with Gasteiger partial charge in [-0.3, -0.25) is 4.79 Å².